The monoisotopic (exact) mass is 265 g/mol. The van der Waals surface area contributed by atoms with Crippen LogP contribution in [0.15, 0.2) is 12.5 Å². The van der Waals surface area contributed by atoms with E-state index < -0.39 is 0 Å². The Balaban J connectivity index is 2.25. The highest BCUT2D eigenvalue weighted by Crippen LogP contribution is 2.27. The lowest BCUT2D eigenvalue weighted by atomic mass is 10.0. The van der Waals surface area contributed by atoms with Crippen LogP contribution in [-0.4, -0.2) is 35.7 Å². The first-order chi connectivity index (χ1) is 9.13. The molecule has 106 valence electrons. The summed E-state index contributed by atoms with van der Waals surface area (Å²) in [5.41, 5.74) is 1.14. The van der Waals surface area contributed by atoms with Crippen molar-refractivity contribution < 1.29 is 9.53 Å². The molecule has 2 atom stereocenters. The summed E-state index contributed by atoms with van der Waals surface area (Å²) in [5, 5.41) is 3.35. The number of hydrogen-bond donors (Lipinski definition) is 1. The van der Waals surface area contributed by atoms with Gasteiger partial charge in [-0.15, -0.1) is 0 Å². The standard InChI is InChI=1S/C14H23N3O2/c1-10(2)6-12(14(18)19-3)17-9-16-8-13(17)11-4-5-15-7-11/h8-12,15H,4-7H2,1-3H3. The molecular formula is C14H23N3O2. The van der Waals surface area contributed by atoms with E-state index in [1.54, 1.807) is 6.33 Å². The maximum atomic E-state index is 12.0. The highest BCUT2D eigenvalue weighted by atomic mass is 16.5. The summed E-state index contributed by atoms with van der Waals surface area (Å²) in [5.74, 6) is 0.696. The van der Waals surface area contributed by atoms with Gasteiger partial charge in [-0.3, -0.25) is 0 Å². The summed E-state index contributed by atoms with van der Waals surface area (Å²) in [4.78, 5) is 16.3. The van der Waals surface area contributed by atoms with Crippen molar-refractivity contribution in [3.05, 3.63) is 18.2 Å². The third-order valence-corrected chi connectivity index (χ3v) is 3.68. The van der Waals surface area contributed by atoms with Crippen LogP contribution in [0.2, 0.25) is 0 Å². The fourth-order valence-corrected chi connectivity index (χ4v) is 2.70. The molecule has 1 fully saturated rings. The third-order valence-electron chi connectivity index (χ3n) is 3.68. The van der Waals surface area contributed by atoms with Crippen LogP contribution in [-0.2, 0) is 9.53 Å². The van der Waals surface area contributed by atoms with Gasteiger partial charge >= 0.3 is 5.97 Å². The lowest BCUT2D eigenvalue weighted by Crippen LogP contribution is -2.25. The quantitative estimate of drug-likeness (QED) is 0.824. The number of rotatable bonds is 5. The predicted molar refractivity (Wildman–Crippen MR) is 73.0 cm³/mol. The molecule has 5 nitrogen and oxygen atoms in total. The first-order valence-electron chi connectivity index (χ1n) is 6.93. The number of ether oxygens (including phenoxy) is 1. The van der Waals surface area contributed by atoms with Crippen molar-refractivity contribution in [1.29, 1.82) is 0 Å². The average molecular weight is 265 g/mol. The third kappa shape index (κ3) is 3.15. The first-order valence-corrected chi connectivity index (χ1v) is 6.93. The molecule has 0 bridgehead atoms. The maximum Gasteiger partial charge on any atom is 0.328 e. The van der Waals surface area contributed by atoms with E-state index in [-0.39, 0.29) is 12.0 Å². The number of esters is 1. The zero-order valence-electron chi connectivity index (χ0n) is 11.9. The molecule has 0 aromatic carbocycles. The van der Waals surface area contributed by atoms with Crippen LogP contribution >= 0.6 is 0 Å². The van der Waals surface area contributed by atoms with Gasteiger partial charge in [0.2, 0.25) is 0 Å². The minimum absolute atomic E-state index is 0.182. The summed E-state index contributed by atoms with van der Waals surface area (Å²) >= 11 is 0. The van der Waals surface area contributed by atoms with Crippen LogP contribution in [0.1, 0.15) is 44.3 Å². The average Bonchev–Trinajstić information content (AvgIpc) is 3.04. The van der Waals surface area contributed by atoms with Gasteiger partial charge < -0.3 is 14.6 Å². The van der Waals surface area contributed by atoms with Crippen molar-refractivity contribution in [2.45, 2.75) is 38.6 Å². The zero-order valence-corrected chi connectivity index (χ0v) is 11.9. The second-order valence-corrected chi connectivity index (χ2v) is 5.58. The summed E-state index contributed by atoms with van der Waals surface area (Å²) in [6.45, 7) is 6.22. The van der Waals surface area contributed by atoms with Gasteiger partial charge in [-0.1, -0.05) is 13.8 Å². The number of carbonyl (C=O) groups excluding carboxylic acids is 1. The number of aromatic nitrogens is 2. The van der Waals surface area contributed by atoms with E-state index in [0.717, 1.165) is 31.6 Å². The van der Waals surface area contributed by atoms with E-state index in [1.807, 2.05) is 10.8 Å². The van der Waals surface area contributed by atoms with E-state index >= 15 is 0 Å². The summed E-state index contributed by atoms with van der Waals surface area (Å²) < 4.78 is 6.95. The van der Waals surface area contributed by atoms with Crippen LogP contribution in [0.4, 0.5) is 0 Å². The first kappa shape index (κ1) is 14.1. The van der Waals surface area contributed by atoms with Gasteiger partial charge in [-0.05, 0) is 25.3 Å². The molecule has 0 amide bonds. The Kier molecular flexibility index (Phi) is 4.58. The second kappa shape index (κ2) is 6.19. The molecule has 1 aromatic heterocycles. The van der Waals surface area contributed by atoms with E-state index in [0.29, 0.717) is 11.8 Å². The van der Waals surface area contributed by atoms with Crippen LogP contribution in [0.5, 0.6) is 0 Å². The van der Waals surface area contributed by atoms with Gasteiger partial charge in [0.05, 0.1) is 13.4 Å². The lowest BCUT2D eigenvalue weighted by molar-refractivity contribution is -0.145. The highest BCUT2D eigenvalue weighted by Gasteiger charge is 2.28. The molecule has 0 saturated carbocycles. The Bertz CT molecular complexity index is 422. The molecule has 1 N–H and O–H groups in total. The highest BCUT2D eigenvalue weighted by molar-refractivity contribution is 5.74. The molecule has 1 aliphatic rings. The van der Waals surface area contributed by atoms with Crippen molar-refractivity contribution in [1.82, 2.24) is 14.9 Å². The lowest BCUT2D eigenvalue weighted by Gasteiger charge is -2.22. The van der Waals surface area contributed by atoms with Crippen molar-refractivity contribution in [2.75, 3.05) is 20.2 Å². The van der Waals surface area contributed by atoms with Gasteiger partial charge in [0, 0.05) is 24.4 Å². The van der Waals surface area contributed by atoms with E-state index in [9.17, 15) is 4.79 Å². The topological polar surface area (TPSA) is 56.2 Å². The molecule has 0 aliphatic carbocycles. The fraction of sp³-hybridized carbons (Fsp3) is 0.714. The van der Waals surface area contributed by atoms with Gasteiger partial charge in [-0.25, -0.2) is 9.78 Å². The molecule has 2 heterocycles. The molecular weight excluding hydrogens is 242 g/mol. The Morgan fingerprint density at radius 3 is 3.00 bits per heavy atom. The molecule has 2 rings (SSSR count). The molecule has 19 heavy (non-hydrogen) atoms. The predicted octanol–water partition coefficient (Wildman–Crippen LogP) is 1.72. The number of nitrogens with one attached hydrogen (secondary N) is 1. The number of hydrogen-bond acceptors (Lipinski definition) is 4. The van der Waals surface area contributed by atoms with Crippen molar-refractivity contribution >= 4 is 5.97 Å². The molecule has 2 unspecified atom stereocenters. The van der Waals surface area contributed by atoms with Crippen LogP contribution in [0, 0.1) is 5.92 Å². The molecule has 1 saturated heterocycles. The van der Waals surface area contributed by atoms with E-state index in [2.05, 4.69) is 24.1 Å². The number of carbonyl (C=O) groups is 1. The van der Waals surface area contributed by atoms with Crippen LogP contribution < -0.4 is 5.32 Å². The normalized spacial score (nSPS) is 20.7. The van der Waals surface area contributed by atoms with E-state index in [1.165, 1.54) is 7.11 Å². The van der Waals surface area contributed by atoms with Gasteiger partial charge in [0.25, 0.3) is 0 Å². The minimum atomic E-state index is -0.261. The molecule has 0 radical (unpaired) electrons. The molecule has 5 heteroatoms. The minimum Gasteiger partial charge on any atom is -0.467 e. The number of methoxy groups -OCH3 is 1. The Morgan fingerprint density at radius 1 is 1.63 bits per heavy atom. The SMILES string of the molecule is COC(=O)C(CC(C)C)n1cncc1C1CCNC1. The summed E-state index contributed by atoms with van der Waals surface area (Å²) in [6, 6.07) is -0.261. The number of nitrogens with zero attached hydrogens (tertiary/aromatic N) is 2. The van der Waals surface area contributed by atoms with E-state index in [4.69, 9.17) is 4.74 Å². The van der Waals surface area contributed by atoms with Crippen LogP contribution in [0.25, 0.3) is 0 Å². The fourth-order valence-electron chi connectivity index (χ4n) is 2.70. The Morgan fingerprint density at radius 2 is 2.42 bits per heavy atom. The maximum absolute atomic E-state index is 12.0. The number of imidazole rings is 1. The summed E-state index contributed by atoms with van der Waals surface area (Å²) in [6.07, 6.45) is 5.52. The van der Waals surface area contributed by atoms with Crippen LogP contribution in [0.3, 0.4) is 0 Å². The van der Waals surface area contributed by atoms with Crippen molar-refractivity contribution in [3.8, 4) is 0 Å². The van der Waals surface area contributed by atoms with Gasteiger partial charge in [-0.2, -0.15) is 0 Å². The smallest absolute Gasteiger partial charge is 0.328 e. The Hall–Kier alpha value is -1.36. The van der Waals surface area contributed by atoms with Gasteiger partial charge in [0.1, 0.15) is 6.04 Å². The largest absolute Gasteiger partial charge is 0.467 e. The summed E-state index contributed by atoms with van der Waals surface area (Å²) in [7, 11) is 1.45. The van der Waals surface area contributed by atoms with Crippen molar-refractivity contribution in [2.24, 2.45) is 5.92 Å². The van der Waals surface area contributed by atoms with Crippen molar-refractivity contribution in [3.63, 3.8) is 0 Å². The second-order valence-electron chi connectivity index (χ2n) is 5.58. The zero-order chi connectivity index (χ0) is 13.8. The molecule has 1 aliphatic heterocycles. The van der Waals surface area contributed by atoms with Gasteiger partial charge in [0.15, 0.2) is 0 Å². The Labute approximate surface area is 114 Å². The molecule has 1 aromatic rings. The molecule has 0 spiro atoms.